The molecule has 1 aliphatic heterocycles. The van der Waals surface area contributed by atoms with E-state index in [2.05, 4.69) is 43.0 Å². The molecule has 1 saturated heterocycles. The van der Waals surface area contributed by atoms with Gasteiger partial charge in [-0.15, -0.1) is 0 Å². The Kier molecular flexibility index (Phi) is 4.39. The van der Waals surface area contributed by atoms with Gasteiger partial charge in [-0.05, 0) is 39.5 Å². The van der Waals surface area contributed by atoms with E-state index in [4.69, 9.17) is 5.84 Å². The zero-order valence-electron chi connectivity index (χ0n) is 10.3. The molecule has 4 heteroatoms. The standard InChI is InChI=1S/C11H24N4/c1-8(2)13-11(14-12)15-7-5-6-9(3)10(15)4/h8-10H,5-7,12H2,1-4H3,(H,13,14). The number of hydrogen-bond donors (Lipinski definition) is 2. The number of hydrazine groups is 1. The van der Waals surface area contributed by atoms with Crippen LogP contribution in [-0.2, 0) is 0 Å². The monoisotopic (exact) mass is 212 g/mol. The van der Waals surface area contributed by atoms with Crippen LogP contribution >= 0.6 is 0 Å². The van der Waals surface area contributed by atoms with Gasteiger partial charge in [0.05, 0.1) is 0 Å². The molecule has 0 amide bonds. The fourth-order valence-electron chi connectivity index (χ4n) is 2.07. The van der Waals surface area contributed by atoms with E-state index < -0.39 is 0 Å². The van der Waals surface area contributed by atoms with Gasteiger partial charge in [0.1, 0.15) is 0 Å². The summed E-state index contributed by atoms with van der Waals surface area (Å²) in [5, 5.41) is 0. The van der Waals surface area contributed by atoms with Crippen LogP contribution in [0.5, 0.6) is 0 Å². The third-order valence-electron chi connectivity index (χ3n) is 3.16. The van der Waals surface area contributed by atoms with Crippen molar-refractivity contribution < 1.29 is 0 Å². The molecule has 1 fully saturated rings. The van der Waals surface area contributed by atoms with Crippen LogP contribution in [-0.4, -0.2) is 29.5 Å². The van der Waals surface area contributed by atoms with Crippen molar-refractivity contribution >= 4 is 5.96 Å². The van der Waals surface area contributed by atoms with E-state index in [9.17, 15) is 0 Å². The lowest BCUT2D eigenvalue weighted by Crippen LogP contribution is -2.53. The minimum atomic E-state index is 0.278. The Balaban J connectivity index is 2.74. The summed E-state index contributed by atoms with van der Waals surface area (Å²) in [7, 11) is 0. The lowest BCUT2D eigenvalue weighted by molar-refractivity contribution is 0.185. The van der Waals surface area contributed by atoms with Crippen molar-refractivity contribution in [3.63, 3.8) is 0 Å². The Morgan fingerprint density at radius 1 is 1.47 bits per heavy atom. The maximum Gasteiger partial charge on any atom is 0.208 e. The predicted molar refractivity (Wildman–Crippen MR) is 64.5 cm³/mol. The van der Waals surface area contributed by atoms with Crippen molar-refractivity contribution in [2.24, 2.45) is 16.8 Å². The molecule has 0 aromatic rings. The summed E-state index contributed by atoms with van der Waals surface area (Å²) >= 11 is 0. The molecule has 0 saturated carbocycles. The minimum Gasteiger partial charge on any atom is -0.339 e. The van der Waals surface area contributed by atoms with Crippen LogP contribution in [0.25, 0.3) is 0 Å². The molecule has 0 aromatic heterocycles. The molecule has 0 spiro atoms. The molecule has 3 N–H and O–H groups in total. The van der Waals surface area contributed by atoms with Crippen molar-refractivity contribution in [1.82, 2.24) is 10.3 Å². The second-order valence-corrected chi connectivity index (χ2v) is 4.74. The summed E-state index contributed by atoms with van der Waals surface area (Å²) in [6.45, 7) is 9.73. The highest BCUT2D eigenvalue weighted by Gasteiger charge is 2.26. The van der Waals surface area contributed by atoms with Crippen molar-refractivity contribution in [3.05, 3.63) is 0 Å². The molecule has 0 aromatic carbocycles. The zero-order chi connectivity index (χ0) is 11.4. The quantitative estimate of drug-likeness (QED) is 0.298. The number of likely N-dealkylation sites (tertiary alicyclic amines) is 1. The highest BCUT2D eigenvalue weighted by atomic mass is 15.4. The van der Waals surface area contributed by atoms with E-state index in [1.54, 1.807) is 0 Å². The van der Waals surface area contributed by atoms with Gasteiger partial charge in [0, 0.05) is 18.6 Å². The lowest BCUT2D eigenvalue weighted by Gasteiger charge is -2.39. The molecule has 4 nitrogen and oxygen atoms in total. The maximum atomic E-state index is 5.54. The van der Waals surface area contributed by atoms with Gasteiger partial charge in [0.25, 0.3) is 0 Å². The molecule has 0 aliphatic carbocycles. The molecular formula is C11H24N4. The molecule has 2 unspecified atom stereocenters. The Morgan fingerprint density at radius 3 is 2.67 bits per heavy atom. The van der Waals surface area contributed by atoms with Crippen molar-refractivity contribution in [2.45, 2.75) is 52.6 Å². The number of piperidine rings is 1. The average Bonchev–Trinajstić information content (AvgIpc) is 2.19. The Labute approximate surface area is 92.9 Å². The van der Waals surface area contributed by atoms with Crippen LogP contribution in [0.15, 0.2) is 4.99 Å². The van der Waals surface area contributed by atoms with E-state index in [1.165, 1.54) is 12.8 Å². The molecule has 2 atom stereocenters. The first kappa shape index (κ1) is 12.3. The molecule has 88 valence electrons. The number of nitrogens with two attached hydrogens (primary N) is 1. The highest BCUT2D eigenvalue weighted by Crippen LogP contribution is 2.22. The number of aliphatic imine (C=N–C) groups is 1. The van der Waals surface area contributed by atoms with Crippen LogP contribution in [0.2, 0.25) is 0 Å². The normalized spacial score (nSPS) is 28.4. The molecular weight excluding hydrogens is 188 g/mol. The molecule has 0 radical (unpaired) electrons. The number of nitrogens with one attached hydrogen (secondary N) is 1. The van der Waals surface area contributed by atoms with Crippen LogP contribution in [0.3, 0.4) is 0 Å². The first-order chi connectivity index (χ1) is 7.06. The second-order valence-electron chi connectivity index (χ2n) is 4.74. The lowest BCUT2D eigenvalue weighted by atomic mass is 9.92. The Morgan fingerprint density at radius 2 is 2.13 bits per heavy atom. The molecule has 1 aliphatic rings. The molecule has 1 heterocycles. The third kappa shape index (κ3) is 3.09. The van der Waals surface area contributed by atoms with Gasteiger partial charge in [-0.25, -0.2) is 10.8 Å². The van der Waals surface area contributed by atoms with E-state index in [1.807, 2.05) is 0 Å². The highest BCUT2D eigenvalue weighted by molar-refractivity contribution is 5.80. The summed E-state index contributed by atoms with van der Waals surface area (Å²) in [5.41, 5.74) is 2.73. The average molecular weight is 212 g/mol. The van der Waals surface area contributed by atoms with E-state index >= 15 is 0 Å². The van der Waals surface area contributed by atoms with Gasteiger partial charge >= 0.3 is 0 Å². The van der Waals surface area contributed by atoms with Gasteiger partial charge in [-0.1, -0.05) is 6.92 Å². The van der Waals surface area contributed by atoms with Crippen molar-refractivity contribution in [3.8, 4) is 0 Å². The number of guanidine groups is 1. The van der Waals surface area contributed by atoms with Gasteiger partial charge in [-0.2, -0.15) is 0 Å². The van der Waals surface area contributed by atoms with Crippen molar-refractivity contribution in [1.29, 1.82) is 0 Å². The number of rotatable bonds is 1. The number of hydrogen-bond acceptors (Lipinski definition) is 2. The minimum absolute atomic E-state index is 0.278. The summed E-state index contributed by atoms with van der Waals surface area (Å²) in [5.74, 6) is 7.09. The first-order valence-corrected chi connectivity index (χ1v) is 5.87. The van der Waals surface area contributed by atoms with Crippen molar-refractivity contribution in [2.75, 3.05) is 6.54 Å². The number of nitrogens with zero attached hydrogens (tertiary/aromatic N) is 2. The topological polar surface area (TPSA) is 53.6 Å². The molecule has 1 rings (SSSR count). The van der Waals surface area contributed by atoms with Crippen LogP contribution in [0.1, 0.15) is 40.5 Å². The Hall–Kier alpha value is -0.770. The molecule has 0 bridgehead atoms. The maximum absolute atomic E-state index is 5.54. The predicted octanol–water partition coefficient (Wildman–Crippen LogP) is 1.33. The summed E-state index contributed by atoms with van der Waals surface area (Å²) in [6.07, 6.45) is 2.53. The van der Waals surface area contributed by atoms with Gasteiger partial charge in [-0.3, -0.25) is 5.43 Å². The van der Waals surface area contributed by atoms with E-state index in [0.29, 0.717) is 12.0 Å². The third-order valence-corrected chi connectivity index (χ3v) is 3.16. The first-order valence-electron chi connectivity index (χ1n) is 5.87. The Bertz CT molecular complexity index is 225. The van der Waals surface area contributed by atoms with Crippen LogP contribution in [0.4, 0.5) is 0 Å². The zero-order valence-corrected chi connectivity index (χ0v) is 10.3. The second kappa shape index (κ2) is 5.35. The summed E-state index contributed by atoms with van der Waals surface area (Å²) < 4.78 is 0. The van der Waals surface area contributed by atoms with E-state index in [0.717, 1.165) is 12.5 Å². The van der Waals surface area contributed by atoms with E-state index in [-0.39, 0.29) is 6.04 Å². The SMILES string of the molecule is CC(C)N=C(NN)N1CCCC(C)C1C. The fourth-order valence-corrected chi connectivity index (χ4v) is 2.07. The summed E-state index contributed by atoms with van der Waals surface area (Å²) in [4.78, 5) is 6.80. The van der Waals surface area contributed by atoms with Crippen LogP contribution < -0.4 is 11.3 Å². The van der Waals surface area contributed by atoms with Gasteiger partial charge in [0.15, 0.2) is 0 Å². The summed E-state index contributed by atoms with van der Waals surface area (Å²) in [6, 6.07) is 0.799. The smallest absolute Gasteiger partial charge is 0.208 e. The van der Waals surface area contributed by atoms with Gasteiger partial charge in [0.2, 0.25) is 5.96 Å². The van der Waals surface area contributed by atoms with Crippen LogP contribution in [0, 0.1) is 5.92 Å². The fraction of sp³-hybridized carbons (Fsp3) is 0.909. The van der Waals surface area contributed by atoms with Gasteiger partial charge < -0.3 is 4.90 Å². The largest absolute Gasteiger partial charge is 0.339 e. The molecule has 15 heavy (non-hydrogen) atoms.